The van der Waals surface area contributed by atoms with Gasteiger partial charge in [0.1, 0.15) is 12.6 Å². The van der Waals surface area contributed by atoms with Crippen LogP contribution in [0.3, 0.4) is 0 Å². The summed E-state index contributed by atoms with van der Waals surface area (Å²) in [6, 6.07) is 12.9. The van der Waals surface area contributed by atoms with Crippen molar-refractivity contribution < 1.29 is 31.2 Å². The zero-order valence-corrected chi connectivity index (χ0v) is 24.8. The summed E-state index contributed by atoms with van der Waals surface area (Å²) in [5.41, 5.74) is -1.31. The van der Waals surface area contributed by atoms with Crippen LogP contribution in [0.5, 0.6) is 0 Å². The molecule has 0 aliphatic carbocycles. The third-order valence-electron chi connectivity index (χ3n) is 6.14. The first-order chi connectivity index (χ1) is 19.2. The number of sulfonamides is 1. The Balaban J connectivity index is 2.15. The van der Waals surface area contributed by atoms with Crippen LogP contribution >= 0.6 is 34.8 Å². The number of nitrogens with one attached hydrogen (secondary N) is 1. The van der Waals surface area contributed by atoms with Crippen LogP contribution in [-0.2, 0) is 32.3 Å². The number of carbonyl (C=O) groups excluding carboxylic acids is 2. The number of carbonyl (C=O) groups is 2. The largest absolute Gasteiger partial charge is 0.417 e. The van der Waals surface area contributed by atoms with Gasteiger partial charge < -0.3 is 10.2 Å². The molecule has 0 aliphatic rings. The van der Waals surface area contributed by atoms with Crippen LogP contribution in [0.1, 0.15) is 24.5 Å². The number of benzene rings is 3. The summed E-state index contributed by atoms with van der Waals surface area (Å²) >= 11 is 18.1. The molecule has 3 aromatic rings. The molecule has 41 heavy (non-hydrogen) atoms. The molecule has 0 spiro atoms. The second-order valence-corrected chi connectivity index (χ2v) is 11.9. The SMILES string of the molecule is CC[C@@H](C(=O)NC)N(Cc1ccc(Cl)cc1Cl)C(=O)CN(c1ccc(Cl)c(C(F)(F)F)c1)S(=O)(=O)c1ccccc1. The quantitative estimate of drug-likeness (QED) is 0.275. The van der Waals surface area contributed by atoms with E-state index in [1.165, 1.54) is 43.4 Å². The molecule has 0 saturated heterocycles. The molecule has 3 aromatic carbocycles. The van der Waals surface area contributed by atoms with Crippen molar-refractivity contribution >= 4 is 62.3 Å². The number of anilines is 1. The van der Waals surface area contributed by atoms with Gasteiger partial charge in [-0.3, -0.25) is 13.9 Å². The van der Waals surface area contributed by atoms with Gasteiger partial charge in [-0.05, 0) is 54.4 Å². The van der Waals surface area contributed by atoms with Crippen LogP contribution in [0.2, 0.25) is 15.1 Å². The molecule has 0 heterocycles. The van der Waals surface area contributed by atoms with Gasteiger partial charge in [-0.15, -0.1) is 0 Å². The van der Waals surface area contributed by atoms with Gasteiger partial charge >= 0.3 is 6.18 Å². The smallest absolute Gasteiger partial charge is 0.357 e. The zero-order chi connectivity index (χ0) is 30.5. The standard InChI is InChI=1S/C27H25Cl3F3N3O4S/c1-3-24(26(38)34-2)35(15-17-9-10-18(28)13-23(17)30)25(37)16-36(41(39,40)20-7-5-4-6-8-20)19-11-12-22(29)21(14-19)27(31,32)33/h4-14,24H,3,15-16H2,1-2H3,(H,34,38)/t24-/m0/s1. The number of halogens is 6. The van der Waals surface area contributed by atoms with Crippen LogP contribution in [0.25, 0.3) is 0 Å². The molecule has 1 N–H and O–H groups in total. The van der Waals surface area contributed by atoms with Crippen molar-refractivity contribution in [1.29, 1.82) is 0 Å². The van der Waals surface area contributed by atoms with Gasteiger partial charge in [0.2, 0.25) is 11.8 Å². The second kappa shape index (κ2) is 13.3. The molecule has 0 aliphatic heterocycles. The van der Waals surface area contributed by atoms with E-state index in [9.17, 15) is 31.2 Å². The average Bonchev–Trinajstić information content (AvgIpc) is 2.92. The maximum Gasteiger partial charge on any atom is 0.417 e. The van der Waals surface area contributed by atoms with E-state index in [0.29, 0.717) is 21.0 Å². The minimum Gasteiger partial charge on any atom is -0.357 e. The molecule has 220 valence electrons. The highest BCUT2D eigenvalue weighted by Crippen LogP contribution is 2.38. The Labute approximate surface area is 250 Å². The first-order valence-corrected chi connectivity index (χ1v) is 14.7. The summed E-state index contributed by atoms with van der Waals surface area (Å²) in [5, 5.41) is 2.36. The summed E-state index contributed by atoms with van der Waals surface area (Å²) in [6.07, 6.45) is -4.76. The van der Waals surface area contributed by atoms with Crippen molar-refractivity contribution in [3.05, 3.63) is 92.9 Å². The summed E-state index contributed by atoms with van der Waals surface area (Å²) in [7, 11) is -3.19. The van der Waals surface area contributed by atoms with Gasteiger partial charge in [-0.1, -0.05) is 66.0 Å². The van der Waals surface area contributed by atoms with Crippen LogP contribution < -0.4 is 9.62 Å². The van der Waals surface area contributed by atoms with E-state index in [1.807, 2.05) is 0 Å². The maximum atomic E-state index is 13.9. The topological polar surface area (TPSA) is 86.8 Å². The fraction of sp³-hybridized carbons (Fsp3) is 0.259. The fourth-order valence-corrected chi connectivity index (χ4v) is 6.17. The third kappa shape index (κ3) is 7.65. The highest BCUT2D eigenvalue weighted by molar-refractivity contribution is 7.92. The fourth-order valence-electron chi connectivity index (χ4n) is 4.05. The summed E-state index contributed by atoms with van der Waals surface area (Å²) < 4.78 is 69.1. The summed E-state index contributed by atoms with van der Waals surface area (Å²) in [6.45, 7) is 0.500. The van der Waals surface area contributed by atoms with Gasteiger partial charge in [0.05, 0.1) is 21.2 Å². The molecule has 0 fully saturated rings. The number of nitrogens with zero attached hydrogens (tertiary/aromatic N) is 2. The van der Waals surface area contributed by atoms with Crippen LogP contribution in [0.15, 0.2) is 71.6 Å². The predicted octanol–water partition coefficient (Wildman–Crippen LogP) is 6.41. The number of likely N-dealkylation sites (N-methyl/N-ethyl adjacent to an activating group) is 1. The van der Waals surface area contributed by atoms with Crippen LogP contribution in [-0.4, -0.2) is 44.8 Å². The number of alkyl halides is 3. The molecule has 0 radical (unpaired) electrons. The minimum absolute atomic E-state index is 0.140. The van der Waals surface area contributed by atoms with E-state index in [2.05, 4.69) is 5.32 Å². The van der Waals surface area contributed by atoms with Gasteiger partial charge in [0.25, 0.3) is 10.0 Å². The lowest BCUT2D eigenvalue weighted by Gasteiger charge is -2.33. The minimum atomic E-state index is -4.90. The predicted molar refractivity (Wildman–Crippen MR) is 153 cm³/mol. The number of rotatable bonds is 10. The van der Waals surface area contributed by atoms with E-state index < -0.39 is 56.9 Å². The molecule has 3 rings (SSSR count). The van der Waals surface area contributed by atoms with Crippen LogP contribution in [0.4, 0.5) is 18.9 Å². The molecule has 1 atom stereocenters. The molecule has 0 bridgehead atoms. The van der Waals surface area contributed by atoms with E-state index >= 15 is 0 Å². The maximum absolute atomic E-state index is 13.9. The Morgan fingerprint density at radius 2 is 1.61 bits per heavy atom. The highest BCUT2D eigenvalue weighted by atomic mass is 35.5. The number of amides is 2. The van der Waals surface area contributed by atoms with Gasteiger partial charge in [-0.25, -0.2) is 8.42 Å². The van der Waals surface area contributed by atoms with Gasteiger partial charge in [-0.2, -0.15) is 13.2 Å². The first-order valence-electron chi connectivity index (χ1n) is 12.1. The summed E-state index contributed by atoms with van der Waals surface area (Å²) in [5.74, 6) is -1.40. The molecule has 0 aromatic heterocycles. The molecule has 0 saturated carbocycles. The van der Waals surface area contributed by atoms with Crippen molar-refractivity contribution in [2.45, 2.75) is 37.0 Å². The van der Waals surface area contributed by atoms with Crippen molar-refractivity contribution in [3.8, 4) is 0 Å². The molecule has 0 unspecified atom stereocenters. The van der Waals surface area contributed by atoms with Gasteiger partial charge in [0.15, 0.2) is 0 Å². The Morgan fingerprint density at radius 3 is 2.17 bits per heavy atom. The zero-order valence-electron chi connectivity index (χ0n) is 21.8. The van der Waals surface area contributed by atoms with Crippen molar-refractivity contribution in [1.82, 2.24) is 10.2 Å². The van der Waals surface area contributed by atoms with Crippen LogP contribution in [0, 0.1) is 0 Å². The molecular formula is C27H25Cl3F3N3O4S. The van der Waals surface area contributed by atoms with E-state index in [0.717, 1.165) is 17.0 Å². The normalized spacial score (nSPS) is 12.5. The monoisotopic (exact) mass is 649 g/mol. The first kappa shape index (κ1) is 32.5. The van der Waals surface area contributed by atoms with E-state index in [4.69, 9.17) is 34.8 Å². The van der Waals surface area contributed by atoms with E-state index in [-0.39, 0.29) is 22.9 Å². The molecular weight excluding hydrogens is 626 g/mol. The van der Waals surface area contributed by atoms with Gasteiger partial charge in [0, 0.05) is 23.6 Å². The Morgan fingerprint density at radius 1 is 0.951 bits per heavy atom. The molecule has 2 amide bonds. The third-order valence-corrected chi connectivity index (χ3v) is 8.85. The number of hydrogen-bond acceptors (Lipinski definition) is 4. The average molecular weight is 651 g/mol. The highest BCUT2D eigenvalue weighted by Gasteiger charge is 2.37. The van der Waals surface area contributed by atoms with Crippen molar-refractivity contribution in [2.24, 2.45) is 0 Å². The lowest BCUT2D eigenvalue weighted by Crippen LogP contribution is -2.51. The van der Waals surface area contributed by atoms with Crippen molar-refractivity contribution in [2.75, 3.05) is 17.9 Å². The lowest BCUT2D eigenvalue weighted by molar-refractivity contribution is -0.140. The Hall–Kier alpha value is -2.99. The Bertz CT molecular complexity index is 1520. The molecule has 7 nitrogen and oxygen atoms in total. The summed E-state index contributed by atoms with van der Waals surface area (Å²) in [4.78, 5) is 27.5. The second-order valence-electron chi connectivity index (χ2n) is 8.78. The van der Waals surface area contributed by atoms with E-state index in [1.54, 1.807) is 19.1 Å². The Kier molecular flexibility index (Phi) is 10.6. The van der Waals surface area contributed by atoms with Crippen molar-refractivity contribution in [3.63, 3.8) is 0 Å². The lowest BCUT2D eigenvalue weighted by atomic mass is 10.1. The molecule has 14 heteroatoms. The number of hydrogen-bond donors (Lipinski definition) is 1.